The maximum absolute atomic E-state index is 10.8. The largest absolute Gasteiger partial charge is 0.294 e. The summed E-state index contributed by atoms with van der Waals surface area (Å²) >= 11 is 5.99. The van der Waals surface area contributed by atoms with E-state index in [1.54, 1.807) is 19.1 Å². The number of hydrogen-bond acceptors (Lipinski definition) is 3. The molecule has 0 atom stereocenters. The standard InChI is InChI=1S/C10H8ClN3O/c1-7-12-10(6-15)14(13-7)9-5-3-2-4-8(9)11/h2-6H,1H3. The van der Waals surface area contributed by atoms with E-state index < -0.39 is 0 Å². The smallest absolute Gasteiger partial charge is 0.196 e. The van der Waals surface area contributed by atoms with Crippen molar-refractivity contribution in [2.75, 3.05) is 0 Å². The fourth-order valence-corrected chi connectivity index (χ4v) is 1.52. The Balaban J connectivity index is 2.63. The Morgan fingerprint density at radius 3 is 2.80 bits per heavy atom. The third-order valence-corrected chi connectivity index (χ3v) is 2.24. The van der Waals surface area contributed by atoms with Gasteiger partial charge in [0.2, 0.25) is 0 Å². The van der Waals surface area contributed by atoms with Crippen LogP contribution >= 0.6 is 11.6 Å². The Kier molecular flexibility index (Phi) is 2.51. The number of benzene rings is 1. The highest BCUT2D eigenvalue weighted by molar-refractivity contribution is 6.32. The lowest BCUT2D eigenvalue weighted by Crippen LogP contribution is -2.02. The lowest BCUT2D eigenvalue weighted by molar-refractivity contribution is 0.111. The molecule has 0 N–H and O–H groups in total. The average molecular weight is 222 g/mol. The average Bonchev–Trinajstić information content (AvgIpc) is 2.60. The molecule has 0 amide bonds. The summed E-state index contributed by atoms with van der Waals surface area (Å²) in [6.45, 7) is 1.72. The second kappa shape index (κ2) is 3.82. The molecule has 0 bridgehead atoms. The summed E-state index contributed by atoms with van der Waals surface area (Å²) < 4.78 is 1.44. The van der Waals surface area contributed by atoms with Crippen LogP contribution in [0, 0.1) is 6.92 Å². The van der Waals surface area contributed by atoms with Gasteiger partial charge in [0, 0.05) is 0 Å². The topological polar surface area (TPSA) is 47.8 Å². The molecule has 1 aromatic heterocycles. The molecule has 1 heterocycles. The molecule has 0 fully saturated rings. The van der Waals surface area contributed by atoms with Gasteiger partial charge in [-0.25, -0.2) is 9.67 Å². The van der Waals surface area contributed by atoms with Crippen LogP contribution in [-0.4, -0.2) is 21.1 Å². The van der Waals surface area contributed by atoms with Gasteiger partial charge in [0.25, 0.3) is 0 Å². The van der Waals surface area contributed by atoms with E-state index in [1.807, 2.05) is 12.1 Å². The molecule has 0 saturated carbocycles. The summed E-state index contributed by atoms with van der Waals surface area (Å²) in [5, 5.41) is 4.64. The first-order valence-electron chi connectivity index (χ1n) is 4.36. The first-order valence-corrected chi connectivity index (χ1v) is 4.74. The van der Waals surface area contributed by atoms with Gasteiger partial charge in [-0.15, -0.1) is 0 Å². The lowest BCUT2D eigenvalue weighted by Gasteiger charge is -2.03. The third kappa shape index (κ3) is 1.76. The number of rotatable bonds is 2. The number of hydrogen-bond donors (Lipinski definition) is 0. The minimum Gasteiger partial charge on any atom is -0.294 e. The molecular formula is C10H8ClN3O. The quantitative estimate of drug-likeness (QED) is 0.730. The molecule has 15 heavy (non-hydrogen) atoms. The Bertz CT molecular complexity index is 507. The van der Waals surface area contributed by atoms with Crippen LogP contribution < -0.4 is 0 Å². The Labute approximate surface area is 91.5 Å². The number of aromatic nitrogens is 3. The molecule has 5 heteroatoms. The Morgan fingerprint density at radius 2 is 2.13 bits per heavy atom. The molecule has 1 aromatic carbocycles. The first kappa shape index (κ1) is 9.86. The van der Waals surface area contributed by atoms with Crippen molar-refractivity contribution in [1.82, 2.24) is 14.8 Å². The number of aryl methyl sites for hydroxylation is 1. The second-order valence-corrected chi connectivity index (χ2v) is 3.41. The van der Waals surface area contributed by atoms with E-state index in [1.165, 1.54) is 4.68 Å². The van der Waals surface area contributed by atoms with Crippen LogP contribution in [0.3, 0.4) is 0 Å². The van der Waals surface area contributed by atoms with Crippen LogP contribution in [0.25, 0.3) is 5.69 Å². The number of carbonyl (C=O) groups excluding carboxylic acids is 1. The van der Waals surface area contributed by atoms with Gasteiger partial charge in [0.15, 0.2) is 12.1 Å². The molecule has 2 aromatic rings. The lowest BCUT2D eigenvalue weighted by atomic mass is 10.3. The molecule has 0 radical (unpaired) electrons. The van der Waals surface area contributed by atoms with Crippen molar-refractivity contribution >= 4 is 17.9 Å². The number of carbonyl (C=O) groups is 1. The molecule has 76 valence electrons. The summed E-state index contributed by atoms with van der Waals surface area (Å²) in [6.07, 6.45) is 0.656. The van der Waals surface area contributed by atoms with Crippen molar-refractivity contribution in [1.29, 1.82) is 0 Å². The molecule has 0 saturated heterocycles. The minimum atomic E-state index is 0.251. The van der Waals surface area contributed by atoms with Crippen molar-refractivity contribution in [2.45, 2.75) is 6.92 Å². The van der Waals surface area contributed by atoms with Crippen LogP contribution in [0.5, 0.6) is 0 Å². The van der Waals surface area contributed by atoms with E-state index in [2.05, 4.69) is 10.1 Å². The van der Waals surface area contributed by atoms with Gasteiger partial charge in [0.05, 0.1) is 10.7 Å². The first-order chi connectivity index (χ1) is 7.22. The Morgan fingerprint density at radius 1 is 1.40 bits per heavy atom. The molecule has 0 aliphatic rings. The highest BCUT2D eigenvalue weighted by Crippen LogP contribution is 2.19. The molecule has 4 nitrogen and oxygen atoms in total. The number of para-hydroxylation sites is 1. The van der Waals surface area contributed by atoms with Gasteiger partial charge in [-0.3, -0.25) is 4.79 Å². The molecule has 0 aliphatic carbocycles. The van der Waals surface area contributed by atoms with Crippen molar-refractivity contribution < 1.29 is 4.79 Å². The van der Waals surface area contributed by atoms with Crippen molar-refractivity contribution in [3.05, 3.63) is 40.9 Å². The van der Waals surface area contributed by atoms with Crippen LogP contribution in [0.1, 0.15) is 16.4 Å². The predicted molar refractivity (Wildman–Crippen MR) is 56.5 cm³/mol. The normalized spacial score (nSPS) is 10.3. The van der Waals surface area contributed by atoms with Gasteiger partial charge >= 0.3 is 0 Å². The summed E-state index contributed by atoms with van der Waals surface area (Å²) in [7, 11) is 0. The highest BCUT2D eigenvalue weighted by Gasteiger charge is 2.10. The van der Waals surface area contributed by atoms with Crippen LogP contribution in [0.15, 0.2) is 24.3 Å². The predicted octanol–water partition coefficient (Wildman–Crippen LogP) is 2.04. The fourth-order valence-electron chi connectivity index (χ4n) is 1.31. The second-order valence-electron chi connectivity index (χ2n) is 3.00. The van der Waals surface area contributed by atoms with E-state index >= 15 is 0 Å². The zero-order valence-corrected chi connectivity index (χ0v) is 8.77. The maximum atomic E-state index is 10.8. The maximum Gasteiger partial charge on any atom is 0.196 e. The van der Waals surface area contributed by atoms with Crippen molar-refractivity contribution in [3.8, 4) is 5.69 Å². The number of nitrogens with zero attached hydrogens (tertiary/aromatic N) is 3. The SMILES string of the molecule is Cc1nc(C=O)n(-c2ccccc2Cl)n1. The van der Waals surface area contributed by atoms with Crippen molar-refractivity contribution in [3.63, 3.8) is 0 Å². The highest BCUT2D eigenvalue weighted by atomic mass is 35.5. The minimum absolute atomic E-state index is 0.251. The van der Waals surface area contributed by atoms with E-state index in [0.717, 1.165) is 0 Å². The molecule has 0 spiro atoms. The number of halogens is 1. The van der Waals surface area contributed by atoms with Gasteiger partial charge in [-0.1, -0.05) is 23.7 Å². The van der Waals surface area contributed by atoms with Crippen LogP contribution in [0.2, 0.25) is 5.02 Å². The van der Waals surface area contributed by atoms with E-state index in [9.17, 15) is 4.79 Å². The Hall–Kier alpha value is -1.68. The van der Waals surface area contributed by atoms with Gasteiger partial charge in [-0.2, -0.15) is 5.10 Å². The molecule has 0 unspecified atom stereocenters. The zero-order valence-electron chi connectivity index (χ0n) is 8.01. The van der Waals surface area contributed by atoms with Crippen molar-refractivity contribution in [2.24, 2.45) is 0 Å². The van der Waals surface area contributed by atoms with Gasteiger partial charge in [0.1, 0.15) is 5.82 Å². The summed E-state index contributed by atoms with van der Waals surface area (Å²) in [6, 6.07) is 7.16. The molecule has 2 rings (SSSR count). The van der Waals surface area contributed by atoms with Crippen LogP contribution in [0.4, 0.5) is 0 Å². The van der Waals surface area contributed by atoms with E-state index in [4.69, 9.17) is 11.6 Å². The summed E-state index contributed by atoms with van der Waals surface area (Å²) in [5.74, 6) is 0.789. The summed E-state index contributed by atoms with van der Waals surface area (Å²) in [5.41, 5.74) is 0.655. The van der Waals surface area contributed by atoms with Gasteiger partial charge in [-0.05, 0) is 19.1 Å². The van der Waals surface area contributed by atoms with Crippen LogP contribution in [-0.2, 0) is 0 Å². The van der Waals surface area contributed by atoms with Gasteiger partial charge < -0.3 is 0 Å². The third-order valence-electron chi connectivity index (χ3n) is 1.92. The van der Waals surface area contributed by atoms with E-state index in [-0.39, 0.29) is 5.82 Å². The monoisotopic (exact) mass is 221 g/mol. The molecular weight excluding hydrogens is 214 g/mol. The number of aldehydes is 1. The summed E-state index contributed by atoms with van der Waals surface area (Å²) in [4.78, 5) is 14.7. The van der Waals surface area contributed by atoms with E-state index in [0.29, 0.717) is 22.8 Å². The molecule has 0 aliphatic heterocycles. The zero-order chi connectivity index (χ0) is 10.8. The fraction of sp³-hybridized carbons (Fsp3) is 0.100.